The molecule has 0 saturated carbocycles. The molecule has 1 aromatic rings. The van der Waals surface area contributed by atoms with E-state index in [2.05, 4.69) is 39.0 Å². The predicted molar refractivity (Wildman–Crippen MR) is 81.9 cm³/mol. The van der Waals surface area contributed by atoms with E-state index in [-0.39, 0.29) is 21.5 Å². The van der Waals surface area contributed by atoms with E-state index in [9.17, 15) is 8.42 Å². The second-order valence-electron chi connectivity index (χ2n) is 7.12. The van der Waals surface area contributed by atoms with Gasteiger partial charge in [-0.15, -0.1) is 0 Å². The highest BCUT2D eigenvalue weighted by Crippen LogP contribution is 2.37. The molecule has 19 heavy (non-hydrogen) atoms. The number of sulfone groups is 1. The Hall–Kier alpha value is -0.623. The van der Waals surface area contributed by atoms with Gasteiger partial charge in [0, 0.05) is 12.2 Å². The zero-order valence-corrected chi connectivity index (χ0v) is 14.9. The van der Waals surface area contributed by atoms with Crippen molar-refractivity contribution in [2.24, 2.45) is 0 Å². The van der Waals surface area contributed by atoms with E-state index in [0.29, 0.717) is 0 Å². The molecule has 0 aliphatic heterocycles. The predicted octanol–water partition coefficient (Wildman–Crippen LogP) is 3.29. The molecule has 110 valence electrons. The van der Waals surface area contributed by atoms with Gasteiger partial charge in [0.15, 0.2) is 14.9 Å². The topological polar surface area (TPSA) is 52.0 Å². The molecule has 0 aromatic carbocycles. The summed E-state index contributed by atoms with van der Waals surface area (Å²) in [5, 5.41) is 4.72. The summed E-state index contributed by atoms with van der Waals surface area (Å²) in [4.78, 5) is 0. The molecule has 0 fully saturated rings. The summed E-state index contributed by atoms with van der Waals surface area (Å²) in [6.45, 7) is 14.6. The van der Waals surface area contributed by atoms with Crippen LogP contribution >= 0.6 is 0 Å². The Kier molecular flexibility index (Phi) is 4.37. The van der Waals surface area contributed by atoms with Gasteiger partial charge in [0.05, 0.1) is 13.5 Å². The Morgan fingerprint density at radius 2 is 1.84 bits per heavy atom. The van der Waals surface area contributed by atoms with Gasteiger partial charge >= 0.3 is 0 Å². The molecule has 0 aliphatic rings. The molecule has 4 nitrogen and oxygen atoms in total. The Labute approximate surface area is 118 Å². The number of aromatic nitrogens is 2. The molecular formula is C13H26N2O2SSi. The summed E-state index contributed by atoms with van der Waals surface area (Å²) >= 11 is 0. The van der Waals surface area contributed by atoms with Gasteiger partial charge in [-0.25, -0.2) is 8.42 Å². The molecule has 0 saturated heterocycles. The molecule has 0 spiro atoms. The van der Waals surface area contributed by atoms with E-state index in [0.717, 1.165) is 0 Å². The highest BCUT2D eigenvalue weighted by Gasteiger charge is 2.40. The monoisotopic (exact) mass is 302 g/mol. The minimum Gasteiger partial charge on any atom is -0.269 e. The van der Waals surface area contributed by atoms with Crippen molar-refractivity contribution in [3.8, 4) is 0 Å². The van der Waals surface area contributed by atoms with Gasteiger partial charge in [-0.3, -0.25) is 4.68 Å². The lowest BCUT2D eigenvalue weighted by atomic mass is 10.2. The van der Waals surface area contributed by atoms with Crippen molar-refractivity contribution in [3.05, 3.63) is 12.3 Å². The highest BCUT2D eigenvalue weighted by atomic mass is 32.2. The first-order valence-corrected chi connectivity index (χ1v) is 11.5. The summed E-state index contributed by atoms with van der Waals surface area (Å²) in [5.41, 5.74) is 0. The Morgan fingerprint density at radius 1 is 1.32 bits per heavy atom. The summed E-state index contributed by atoms with van der Waals surface area (Å²) in [7, 11) is -5.16. The average Bonchev–Trinajstić information content (AvgIpc) is 2.62. The lowest BCUT2D eigenvalue weighted by Crippen LogP contribution is -2.44. The Balaban J connectivity index is 3.05. The van der Waals surface area contributed by atoms with Crippen molar-refractivity contribution in [3.63, 3.8) is 0 Å². The lowest BCUT2D eigenvalue weighted by Gasteiger charge is -2.36. The van der Waals surface area contributed by atoms with Gasteiger partial charge in [0.25, 0.3) is 0 Å². The molecule has 0 atom stereocenters. The number of hydrogen-bond donors (Lipinski definition) is 0. The smallest absolute Gasteiger partial charge is 0.194 e. The van der Waals surface area contributed by atoms with E-state index in [1.807, 2.05) is 13.8 Å². The largest absolute Gasteiger partial charge is 0.269 e. The maximum Gasteiger partial charge on any atom is 0.194 e. The van der Waals surface area contributed by atoms with Crippen LogP contribution in [0.2, 0.25) is 18.1 Å². The third kappa shape index (κ3) is 3.69. The third-order valence-corrected chi connectivity index (χ3v) is 13.3. The van der Waals surface area contributed by atoms with Crippen molar-refractivity contribution < 1.29 is 8.42 Å². The zero-order chi connectivity index (χ0) is 15.1. The van der Waals surface area contributed by atoms with Crippen LogP contribution in [0.5, 0.6) is 0 Å². The van der Waals surface area contributed by atoms with Gasteiger partial charge < -0.3 is 0 Å². The average molecular weight is 303 g/mol. The molecule has 0 unspecified atom stereocenters. The van der Waals surface area contributed by atoms with Crippen molar-refractivity contribution >= 4 is 17.9 Å². The molecule has 1 aromatic heterocycles. The lowest BCUT2D eigenvalue weighted by molar-refractivity contribution is 0.516. The zero-order valence-electron chi connectivity index (χ0n) is 13.1. The fourth-order valence-electron chi connectivity index (χ4n) is 1.54. The van der Waals surface area contributed by atoms with Gasteiger partial charge in [-0.1, -0.05) is 33.9 Å². The van der Waals surface area contributed by atoms with E-state index >= 15 is 0 Å². The van der Waals surface area contributed by atoms with Crippen molar-refractivity contribution in [1.82, 2.24) is 9.78 Å². The molecule has 6 heteroatoms. The SMILES string of the molecule is CC(C)n1ccc(S(=O)(=O)C[Si](C)(C)C(C)(C)C)n1. The van der Waals surface area contributed by atoms with Crippen LogP contribution in [0.4, 0.5) is 0 Å². The molecule has 0 N–H and O–H groups in total. The molecule has 0 amide bonds. The van der Waals surface area contributed by atoms with Crippen LogP contribution < -0.4 is 0 Å². The first-order chi connectivity index (χ1) is 8.37. The van der Waals surface area contributed by atoms with Crippen LogP contribution in [-0.2, 0) is 9.84 Å². The normalized spacial score (nSPS) is 14.1. The number of nitrogens with zero attached hydrogens (tertiary/aromatic N) is 2. The fourth-order valence-corrected chi connectivity index (χ4v) is 8.15. The summed E-state index contributed by atoms with van der Waals surface area (Å²) in [5.74, 6) is 0. The van der Waals surface area contributed by atoms with Crippen LogP contribution in [0.1, 0.15) is 40.7 Å². The van der Waals surface area contributed by atoms with Gasteiger partial charge in [-0.05, 0) is 25.0 Å². The highest BCUT2D eigenvalue weighted by molar-refractivity contribution is 7.93. The third-order valence-electron chi connectivity index (χ3n) is 4.01. The maximum absolute atomic E-state index is 12.5. The van der Waals surface area contributed by atoms with E-state index < -0.39 is 17.9 Å². The first kappa shape index (κ1) is 16.4. The van der Waals surface area contributed by atoms with Crippen LogP contribution in [0.25, 0.3) is 0 Å². The Morgan fingerprint density at radius 3 is 2.21 bits per heavy atom. The summed E-state index contributed by atoms with van der Waals surface area (Å²) in [6, 6.07) is 1.79. The van der Waals surface area contributed by atoms with Crippen LogP contribution in [0.15, 0.2) is 17.3 Å². The van der Waals surface area contributed by atoms with Crippen molar-refractivity contribution in [2.75, 3.05) is 5.38 Å². The molecule has 1 heterocycles. The minimum absolute atomic E-state index is 0.0562. The second-order valence-corrected chi connectivity index (χ2v) is 15.2. The van der Waals surface area contributed by atoms with Crippen LogP contribution in [0, 0.1) is 0 Å². The second kappa shape index (κ2) is 5.05. The quantitative estimate of drug-likeness (QED) is 0.802. The summed E-state index contributed by atoms with van der Waals surface area (Å²) < 4.78 is 26.7. The van der Waals surface area contributed by atoms with E-state index in [1.165, 1.54) is 0 Å². The minimum atomic E-state index is -3.28. The number of rotatable bonds is 4. The molecule has 1 rings (SSSR count). The van der Waals surface area contributed by atoms with Crippen molar-refractivity contribution in [2.45, 2.75) is 63.8 Å². The van der Waals surface area contributed by atoms with E-state index in [1.54, 1.807) is 16.9 Å². The van der Waals surface area contributed by atoms with Crippen LogP contribution in [-0.4, -0.2) is 31.6 Å². The van der Waals surface area contributed by atoms with Gasteiger partial charge in [-0.2, -0.15) is 5.10 Å². The standard InChI is InChI=1S/C13H26N2O2SSi/c1-11(2)15-9-8-12(14-15)18(16,17)10-19(6,7)13(3,4)5/h8-9,11H,10H2,1-7H3. The molecule has 0 aliphatic carbocycles. The first-order valence-electron chi connectivity index (χ1n) is 6.65. The molecular weight excluding hydrogens is 276 g/mol. The fraction of sp³-hybridized carbons (Fsp3) is 0.769. The van der Waals surface area contributed by atoms with Crippen LogP contribution in [0.3, 0.4) is 0 Å². The number of hydrogen-bond acceptors (Lipinski definition) is 3. The van der Waals surface area contributed by atoms with Gasteiger partial charge in [0.1, 0.15) is 0 Å². The van der Waals surface area contributed by atoms with Crippen molar-refractivity contribution in [1.29, 1.82) is 0 Å². The molecule has 0 radical (unpaired) electrons. The van der Waals surface area contributed by atoms with E-state index in [4.69, 9.17) is 0 Å². The maximum atomic E-state index is 12.5. The Bertz CT molecular complexity index is 539. The molecule has 0 bridgehead atoms. The summed E-state index contributed by atoms with van der Waals surface area (Å²) in [6.07, 6.45) is 1.74. The van der Waals surface area contributed by atoms with Gasteiger partial charge in [0.2, 0.25) is 0 Å².